The molecule has 1 atom stereocenters. The average Bonchev–Trinajstić information content (AvgIpc) is 2.60. The number of halogens is 1. The fraction of sp³-hybridized carbons (Fsp3) is 0.818. The molecular weight excluding hydrogens is 230 g/mol. The quantitative estimate of drug-likeness (QED) is 0.756. The van der Waals surface area contributed by atoms with Crippen molar-refractivity contribution >= 4 is 23.5 Å². The molecule has 0 saturated carbocycles. The maximum absolute atomic E-state index is 11.7. The third-order valence-corrected chi connectivity index (χ3v) is 3.62. The third kappa shape index (κ3) is 1.79. The molecule has 0 aromatic rings. The van der Waals surface area contributed by atoms with E-state index < -0.39 is 16.9 Å². The van der Waals surface area contributed by atoms with Crippen LogP contribution in [0, 0.1) is 5.41 Å². The van der Waals surface area contributed by atoms with Crippen LogP contribution in [0.4, 0.5) is 0 Å². The zero-order valence-electron chi connectivity index (χ0n) is 9.92. The Bertz CT molecular complexity index is 311. The maximum atomic E-state index is 11.7. The molecule has 0 aromatic carbocycles. The number of carboxylic acid groups (broad SMARTS) is 1. The highest BCUT2D eigenvalue weighted by atomic mass is 35.5. The molecule has 1 heterocycles. The highest BCUT2D eigenvalue weighted by Gasteiger charge is 2.57. The molecule has 0 aliphatic carbocycles. The van der Waals surface area contributed by atoms with Crippen LogP contribution >= 0.6 is 11.6 Å². The van der Waals surface area contributed by atoms with E-state index in [9.17, 15) is 14.7 Å². The van der Waals surface area contributed by atoms with E-state index in [1.807, 2.05) is 20.8 Å². The molecule has 0 spiro atoms. The predicted octanol–water partition coefficient (Wildman–Crippen LogP) is 1.72. The minimum absolute atomic E-state index is 0.162. The zero-order chi connectivity index (χ0) is 12.6. The Morgan fingerprint density at radius 2 is 2.00 bits per heavy atom. The number of aliphatic carboxylic acids is 1. The molecule has 92 valence electrons. The van der Waals surface area contributed by atoms with Crippen LogP contribution in [0.3, 0.4) is 0 Å². The number of carbonyl (C=O) groups excluding carboxylic acids is 1. The molecule has 1 amide bonds. The van der Waals surface area contributed by atoms with Crippen molar-refractivity contribution < 1.29 is 14.7 Å². The van der Waals surface area contributed by atoms with Crippen molar-refractivity contribution in [2.24, 2.45) is 5.41 Å². The summed E-state index contributed by atoms with van der Waals surface area (Å²) < 4.78 is 0. The Labute approximate surface area is 101 Å². The number of rotatable bonds is 2. The van der Waals surface area contributed by atoms with Crippen molar-refractivity contribution in [1.82, 2.24) is 4.90 Å². The number of carboxylic acids is 1. The van der Waals surface area contributed by atoms with E-state index in [1.54, 1.807) is 0 Å². The highest BCUT2D eigenvalue weighted by molar-refractivity contribution is 6.27. The van der Waals surface area contributed by atoms with Crippen LogP contribution in [0.2, 0.25) is 0 Å². The molecule has 1 rings (SSSR count). The summed E-state index contributed by atoms with van der Waals surface area (Å²) in [5.41, 5.74) is -1.62. The van der Waals surface area contributed by atoms with Gasteiger partial charge >= 0.3 is 5.97 Å². The van der Waals surface area contributed by atoms with Crippen molar-refractivity contribution in [2.45, 2.75) is 39.2 Å². The minimum atomic E-state index is -1.11. The van der Waals surface area contributed by atoms with Gasteiger partial charge in [0.2, 0.25) is 5.91 Å². The molecular formula is C11H18ClNO3. The van der Waals surface area contributed by atoms with Gasteiger partial charge in [0.1, 0.15) is 11.4 Å². The van der Waals surface area contributed by atoms with E-state index in [0.717, 1.165) is 0 Å². The van der Waals surface area contributed by atoms with E-state index in [-0.39, 0.29) is 11.8 Å². The number of likely N-dealkylation sites (tertiary alicyclic amines) is 1. The summed E-state index contributed by atoms with van der Waals surface area (Å²) in [6, 6.07) is 0. The molecule has 0 radical (unpaired) electrons. The summed E-state index contributed by atoms with van der Waals surface area (Å²) in [6.07, 6.45) is 1.21. The molecule has 1 N–H and O–H groups in total. The first-order valence-corrected chi connectivity index (χ1v) is 5.90. The molecule has 0 aromatic heterocycles. The Kier molecular flexibility index (Phi) is 3.53. The highest BCUT2D eigenvalue weighted by Crippen LogP contribution is 2.44. The van der Waals surface area contributed by atoms with Crippen LogP contribution in [0.1, 0.15) is 33.6 Å². The average molecular weight is 248 g/mol. The van der Waals surface area contributed by atoms with Crippen molar-refractivity contribution in [2.75, 3.05) is 12.4 Å². The van der Waals surface area contributed by atoms with Gasteiger partial charge < -0.3 is 10.0 Å². The predicted molar refractivity (Wildman–Crippen MR) is 61.5 cm³/mol. The van der Waals surface area contributed by atoms with Gasteiger partial charge in [-0.05, 0) is 18.3 Å². The third-order valence-electron chi connectivity index (χ3n) is 3.39. The first-order valence-electron chi connectivity index (χ1n) is 5.37. The monoisotopic (exact) mass is 247 g/mol. The lowest BCUT2D eigenvalue weighted by molar-refractivity contribution is -0.163. The largest absolute Gasteiger partial charge is 0.479 e. The van der Waals surface area contributed by atoms with Gasteiger partial charge in [-0.3, -0.25) is 4.79 Å². The lowest BCUT2D eigenvalue weighted by Crippen LogP contribution is -2.61. The summed E-state index contributed by atoms with van der Waals surface area (Å²) in [7, 11) is 0. The molecule has 1 saturated heterocycles. The van der Waals surface area contributed by atoms with Crippen molar-refractivity contribution in [3.05, 3.63) is 0 Å². The second kappa shape index (κ2) is 4.24. The van der Waals surface area contributed by atoms with E-state index in [2.05, 4.69) is 0 Å². The molecule has 0 unspecified atom stereocenters. The molecule has 1 aliphatic heterocycles. The Morgan fingerprint density at radius 1 is 1.44 bits per heavy atom. The van der Waals surface area contributed by atoms with E-state index in [4.69, 9.17) is 11.6 Å². The molecule has 1 aliphatic rings. The summed E-state index contributed by atoms with van der Waals surface area (Å²) in [5.74, 6) is -1.39. The molecule has 1 fully saturated rings. The minimum Gasteiger partial charge on any atom is -0.479 e. The van der Waals surface area contributed by atoms with Crippen LogP contribution in [0.15, 0.2) is 0 Å². The lowest BCUT2D eigenvalue weighted by Gasteiger charge is -2.44. The number of nitrogens with zero attached hydrogens (tertiary/aromatic N) is 1. The summed E-state index contributed by atoms with van der Waals surface area (Å²) in [5, 5.41) is 9.48. The molecule has 5 heteroatoms. The Balaban J connectivity index is 3.20. The van der Waals surface area contributed by atoms with Crippen LogP contribution in [-0.2, 0) is 9.59 Å². The fourth-order valence-electron chi connectivity index (χ4n) is 2.55. The molecule has 4 nitrogen and oxygen atoms in total. The topological polar surface area (TPSA) is 57.6 Å². The number of hydrogen-bond acceptors (Lipinski definition) is 2. The maximum Gasteiger partial charge on any atom is 0.330 e. The number of carbonyl (C=O) groups is 2. The van der Waals surface area contributed by atoms with Gasteiger partial charge in [0.05, 0.1) is 0 Å². The zero-order valence-corrected chi connectivity index (χ0v) is 10.7. The normalized spacial score (nSPS) is 25.9. The van der Waals surface area contributed by atoms with Gasteiger partial charge in [-0.25, -0.2) is 4.79 Å². The van der Waals surface area contributed by atoms with Gasteiger partial charge in [0.15, 0.2) is 0 Å². The summed E-state index contributed by atoms with van der Waals surface area (Å²) in [4.78, 5) is 24.7. The molecule has 0 bridgehead atoms. The van der Waals surface area contributed by atoms with Crippen molar-refractivity contribution in [1.29, 1.82) is 0 Å². The van der Waals surface area contributed by atoms with Crippen LogP contribution in [-0.4, -0.2) is 39.8 Å². The van der Waals surface area contributed by atoms with Gasteiger partial charge in [0.25, 0.3) is 0 Å². The van der Waals surface area contributed by atoms with Gasteiger partial charge in [-0.1, -0.05) is 20.8 Å². The van der Waals surface area contributed by atoms with Gasteiger partial charge in [-0.2, -0.15) is 0 Å². The SMILES string of the molecule is CC(C)(C)[C@]1(C(=O)O)CCCN1C(=O)CCl. The number of amides is 1. The lowest BCUT2D eigenvalue weighted by atomic mass is 9.71. The van der Waals surface area contributed by atoms with E-state index in [1.165, 1.54) is 4.90 Å². The van der Waals surface area contributed by atoms with E-state index in [0.29, 0.717) is 19.4 Å². The van der Waals surface area contributed by atoms with E-state index >= 15 is 0 Å². The number of alkyl halides is 1. The van der Waals surface area contributed by atoms with Crippen LogP contribution in [0.5, 0.6) is 0 Å². The number of hydrogen-bond donors (Lipinski definition) is 1. The fourth-order valence-corrected chi connectivity index (χ4v) is 2.70. The Morgan fingerprint density at radius 3 is 2.38 bits per heavy atom. The smallest absolute Gasteiger partial charge is 0.330 e. The van der Waals surface area contributed by atoms with Crippen LogP contribution in [0.25, 0.3) is 0 Å². The second-order valence-corrected chi connectivity index (χ2v) is 5.47. The summed E-state index contributed by atoms with van der Waals surface area (Å²) in [6.45, 7) is 6.03. The van der Waals surface area contributed by atoms with Crippen molar-refractivity contribution in [3.63, 3.8) is 0 Å². The van der Waals surface area contributed by atoms with Gasteiger partial charge in [0, 0.05) is 6.54 Å². The van der Waals surface area contributed by atoms with Crippen LogP contribution < -0.4 is 0 Å². The van der Waals surface area contributed by atoms with Crippen molar-refractivity contribution in [3.8, 4) is 0 Å². The Hall–Kier alpha value is -0.770. The molecule has 16 heavy (non-hydrogen) atoms. The summed E-state index contributed by atoms with van der Waals surface area (Å²) >= 11 is 5.53. The second-order valence-electron chi connectivity index (χ2n) is 5.20. The standard InChI is InChI=1S/C11H18ClNO3/c1-10(2,3)11(9(15)16)5-4-6-13(11)8(14)7-12/h4-7H2,1-3H3,(H,15,16)/t11-/m1/s1. The first-order chi connectivity index (χ1) is 7.27. The first kappa shape index (κ1) is 13.3. The van der Waals surface area contributed by atoms with Gasteiger partial charge in [-0.15, -0.1) is 11.6 Å².